The van der Waals surface area contributed by atoms with Gasteiger partial charge in [0.25, 0.3) is 0 Å². The molecule has 0 unspecified atom stereocenters. The molecule has 0 bridgehead atoms. The molecule has 0 spiro atoms. The van der Waals surface area contributed by atoms with E-state index < -0.39 is 6.04 Å². The molecular weight excluding hydrogens is 316 g/mol. The lowest BCUT2D eigenvalue weighted by Gasteiger charge is -2.35. The molecule has 1 heterocycles. The van der Waals surface area contributed by atoms with Crippen LogP contribution in [0, 0.1) is 11.8 Å². The van der Waals surface area contributed by atoms with Crippen molar-refractivity contribution in [2.24, 2.45) is 11.8 Å². The Balaban J connectivity index is 1.87. The van der Waals surface area contributed by atoms with Crippen molar-refractivity contribution in [2.75, 3.05) is 26.8 Å². The Morgan fingerprint density at radius 2 is 1.84 bits per heavy atom. The van der Waals surface area contributed by atoms with Crippen LogP contribution in [0.2, 0.25) is 0 Å². The van der Waals surface area contributed by atoms with Crippen molar-refractivity contribution in [3.63, 3.8) is 0 Å². The summed E-state index contributed by atoms with van der Waals surface area (Å²) in [5, 5.41) is 2.81. The van der Waals surface area contributed by atoms with Crippen LogP contribution in [0.25, 0.3) is 0 Å². The van der Waals surface area contributed by atoms with Crippen LogP contribution in [0.3, 0.4) is 0 Å². The first-order valence-electron chi connectivity index (χ1n) is 9.12. The molecule has 1 aliphatic rings. The lowest BCUT2D eigenvalue weighted by molar-refractivity contribution is -0.139. The summed E-state index contributed by atoms with van der Waals surface area (Å²) in [6.07, 6.45) is 3.09. The Kier molecular flexibility index (Phi) is 7.44. The van der Waals surface area contributed by atoms with E-state index in [1.165, 1.54) is 12.7 Å². The normalized spacial score (nSPS) is 16.7. The SMILES string of the molecule is COCC(=O)N[C@H](C(=O)N1CCC(Cc2ccccc2)CC1)C(C)C. The van der Waals surface area contributed by atoms with E-state index >= 15 is 0 Å². The largest absolute Gasteiger partial charge is 0.375 e. The maximum absolute atomic E-state index is 12.8. The number of amides is 2. The first-order chi connectivity index (χ1) is 12.0. The monoisotopic (exact) mass is 346 g/mol. The highest BCUT2D eigenvalue weighted by Gasteiger charge is 2.31. The van der Waals surface area contributed by atoms with Gasteiger partial charge in [-0.2, -0.15) is 0 Å². The van der Waals surface area contributed by atoms with E-state index in [1.807, 2.05) is 24.8 Å². The van der Waals surface area contributed by atoms with Gasteiger partial charge in [-0.05, 0) is 36.7 Å². The highest BCUT2D eigenvalue weighted by atomic mass is 16.5. The Labute approximate surface area is 150 Å². The highest BCUT2D eigenvalue weighted by Crippen LogP contribution is 2.22. The van der Waals surface area contributed by atoms with Crippen LogP contribution >= 0.6 is 0 Å². The van der Waals surface area contributed by atoms with Crippen molar-refractivity contribution in [3.05, 3.63) is 35.9 Å². The van der Waals surface area contributed by atoms with E-state index in [9.17, 15) is 9.59 Å². The third-order valence-corrected chi connectivity index (χ3v) is 4.82. The van der Waals surface area contributed by atoms with Crippen molar-refractivity contribution in [2.45, 2.75) is 39.2 Å². The molecule has 5 heteroatoms. The number of nitrogens with zero attached hydrogens (tertiary/aromatic N) is 1. The van der Waals surface area contributed by atoms with Gasteiger partial charge < -0.3 is 15.0 Å². The van der Waals surface area contributed by atoms with E-state index in [1.54, 1.807) is 0 Å². The average molecular weight is 346 g/mol. The van der Waals surface area contributed by atoms with Crippen LogP contribution in [-0.2, 0) is 20.7 Å². The molecule has 25 heavy (non-hydrogen) atoms. The number of rotatable bonds is 7. The van der Waals surface area contributed by atoms with Crippen LogP contribution in [0.1, 0.15) is 32.3 Å². The molecule has 1 atom stereocenters. The molecule has 2 amide bonds. The molecule has 5 nitrogen and oxygen atoms in total. The Morgan fingerprint density at radius 3 is 2.40 bits per heavy atom. The lowest BCUT2D eigenvalue weighted by Crippen LogP contribution is -2.53. The second kappa shape index (κ2) is 9.56. The fourth-order valence-corrected chi connectivity index (χ4v) is 3.36. The number of carbonyl (C=O) groups is 2. The second-order valence-corrected chi connectivity index (χ2v) is 7.18. The summed E-state index contributed by atoms with van der Waals surface area (Å²) < 4.78 is 4.84. The zero-order valence-electron chi connectivity index (χ0n) is 15.5. The fraction of sp³-hybridized carbons (Fsp3) is 0.600. The Bertz CT molecular complexity index is 551. The number of hydrogen-bond acceptors (Lipinski definition) is 3. The molecular formula is C20H30N2O3. The maximum Gasteiger partial charge on any atom is 0.246 e. The van der Waals surface area contributed by atoms with Gasteiger partial charge in [0, 0.05) is 20.2 Å². The molecule has 1 fully saturated rings. The summed E-state index contributed by atoms with van der Waals surface area (Å²) in [6, 6.07) is 10.0. The van der Waals surface area contributed by atoms with Crippen LogP contribution in [0.15, 0.2) is 30.3 Å². The molecule has 1 aromatic rings. The summed E-state index contributed by atoms with van der Waals surface area (Å²) in [6.45, 7) is 5.42. The van der Waals surface area contributed by atoms with Gasteiger partial charge in [0.15, 0.2) is 0 Å². The Hall–Kier alpha value is -1.88. The first-order valence-corrected chi connectivity index (χ1v) is 9.12. The van der Waals surface area contributed by atoms with Crippen molar-refractivity contribution in [1.82, 2.24) is 10.2 Å². The van der Waals surface area contributed by atoms with Gasteiger partial charge >= 0.3 is 0 Å². The van der Waals surface area contributed by atoms with E-state index in [2.05, 4.69) is 29.6 Å². The number of nitrogens with one attached hydrogen (secondary N) is 1. The van der Waals surface area contributed by atoms with E-state index in [0.29, 0.717) is 5.92 Å². The molecule has 1 N–H and O–H groups in total. The summed E-state index contributed by atoms with van der Waals surface area (Å²) >= 11 is 0. The molecule has 0 aliphatic carbocycles. The van der Waals surface area contributed by atoms with Gasteiger partial charge in [0.05, 0.1) is 0 Å². The highest BCUT2D eigenvalue weighted by molar-refractivity contribution is 5.88. The summed E-state index contributed by atoms with van der Waals surface area (Å²) in [5.74, 6) is 0.452. The first kappa shape index (κ1) is 19.4. The quantitative estimate of drug-likeness (QED) is 0.824. The summed E-state index contributed by atoms with van der Waals surface area (Å²) in [7, 11) is 1.48. The minimum absolute atomic E-state index is 0.0182. The zero-order chi connectivity index (χ0) is 18.2. The van der Waals surface area contributed by atoms with Crippen molar-refractivity contribution in [3.8, 4) is 0 Å². The standard InChI is InChI=1S/C20H30N2O3/c1-15(2)19(21-18(23)14-25-3)20(24)22-11-9-17(10-12-22)13-16-7-5-4-6-8-16/h4-8,15,17,19H,9-14H2,1-3H3,(H,21,23)/t19-/m0/s1. The van der Waals surface area contributed by atoms with Gasteiger partial charge in [-0.3, -0.25) is 9.59 Å². The Morgan fingerprint density at radius 1 is 1.20 bits per heavy atom. The molecule has 1 aliphatic heterocycles. The van der Waals surface area contributed by atoms with Gasteiger partial charge in [-0.25, -0.2) is 0 Å². The van der Waals surface area contributed by atoms with E-state index in [0.717, 1.165) is 32.4 Å². The van der Waals surface area contributed by atoms with Gasteiger partial charge in [-0.1, -0.05) is 44.2 Å². The van der Waals surface area contributed by atoms with Crippen LogP contribution in [0.4, 0.5) is 0 Å². The number of piperidine rings is 1. The van der Waals surface area contributed by atoms with Crippen LogP contribution in [-0.4, -0.2) is 49.6 Å². The van der Waals surface area contributed by atoms with Crippen LogP contribution < -0.4 is 5.32 Å². The van der Waals surface area contributed by atoms with Crippen molar-refractivity contribution < 1.29 is 14.3 Å². The molecule has 0 saturated carbocycles. The number of ether oxygens (including phenoxy) is 1. The van der Waals surface area contributed by atoms with E-state index in [-0.39, 0.29) is 24.3 Å². The third-order valence-electron chi connectivity index (χ3n) is 4.82. The zero-order valence-corrected chi connectivity index (χ0v) is 15.5. The molecule has 1 aromatic carbocycles. The van der Waals surface area contributed by atoms with Gasteiger partial charge in [-0.15, -0.1) is 0 Å². The predicted octanol–water partition coefficient (Wildman–Crippen LogP) is 2.25. The van der Waals surface area contributed by atoms with Gasteiger partial charge in [0.2, 0.25) is 11.8 Å². The molecule has 138 valence electrons. The smallest absolute Gasteiger partial charge is 0.246 e. The molecule has 2 rings (SSSR count). The minimum atomic E-state index is -0.478. The number of benzene rings is 1. The number of carbonyl (C=O) groups excluding carboxylic acids is 2. The molecule has 0 radical (unpaired) electrons. The summed E-state index contributed by atoms with van der Waals surface area (Å²) in [5.41, 5.74) is 1.36. The fourth-order valence-electron chi connectivity index (χ4n) is 3.36. The minimum Gasteiger partial charge on any atom is -0.375 e. The second-order valence-electron chi connectivity index (χ2n) is 7.18. The van der Waals surface area contributed by atoms with E-state index in [4.69, 9.17) is 4.74 Å². The number of likely N-dealkylation sites (tertiary alicyclic amines) is 1. The topological polar surface area (TPSA) is 58.6 Å². The number of hydrogen-bond donors (Lipinski definition) is 1. The third kappa shape index (κ3) is 5.85. The number of methoxy groups -OCH3 is 1. The molecule has 0 aromatic heterocycles. The maximum atomic E-state index is 12.8. The summed E-state index contributed by atoms with van der Waals surface area (Å²) in [4.78, 5) is 26.5. The van der Waals surface area contributed by atoms with Crippen molar-refractivity contribution >= 4 is 11.8 Å². The predicted molar refractivity (Wildman–Crippen MR) is 98.1 cm³/mol. The van der Waals surface area contributed by atoms with Crippen LogP contribution in [0.5, 0.6) is 0 Å². The van der Waals surface area contributed by atoms with Crippen molar-refractivity contribution in [1.29, 1.82) is 0 Å². The lowest BCUT2D eigenvalue weighted by atomic mass is 9.89. The molecule has 1 saturated heterocycles. The average Bonchev–Trinajstić information content (AvgIpc) is 2.61. The van der Waals surface area contributed by atoms with Gasteiger partial charge in [0.1, 0.15) is 12.6 Å².